The molecule has 1 saturated heterocycles. The smallest absolute Gasteiger partial charge is 0.215 e. The highest BCUT2D eigenvalue weighted by atomic mass is 15.1. The van der Waals surface area contributed by atoms with Gasteiger partial charge in [-0.3, -0.25) is 0 Å². The van der Waals surface area contributed by atoms with Crippen molar-refractivity contribution >= 4 is 11.7 Å². The van der Waals surface area contributed by atoms with Gasteiger partial charge >= 0.3 is 0 Å². The zero-order chi connectivity index (χ0) is 10.4. The maximum absolute atomic E-state index is 5.62. The Bertz CT molecular complexity index is 249. The predicted octanol–water partition coefficient (Wildman–Crippen LogP) is 0.700. The lowest BCUT2D eigenvalue weighted by Gasteiger charge is -2.05. The molecule has 1 rings (SSSR count). The van der Waals surface area contributed by atoms with E-state index in [2.05, 4.69) is 21.9 Å². The first kappa shape index (κ1) is 10.9. The van der Waals surface area contributed by atoms with Crippen molar-refractivity contribution in [3.05, 3.63) is 12.7 Å². The fourth-order valence-electron chi connectivity index (χ4n) is 1.38. The first-order valence-electron chi connectivity index (χ1n) is 4.93. The van der Waals surface area contributed by atoms with Gasteiger partial charge in [-0.2, -0.15) is 0 Å². The number of nitrogens with one attached hydrogen (secondary N) is 1. The summed E-state index contributed by atoms with van der Waals surface area (Å²) in [7, 11) is 0. The highest BCUT2D eigenvalue weighted by Gasteiger charge is 2.12. The molecule has 78 valence electrons. The van der Waals surface area contributed by atoms with Crippen LogP contribution in [0.3, 0.4) is 0 Å². The number of hydrogen-bond donors (Lipinski definition) is 2. The molecular formula is C10H18N4. The van der Waals surface area contributed by atoms with Crippen LogP contribution < -0.4 is 11.1 Å². The second-order valence-corrected chi connectivity index (χ2v) is 3.45. The monoisotopic (exact) mass is 194 g/mol. The number of aliphatic imine (C=N–C) groups is 2. The van der Waals surface area contributed by atoms with E-state index in [1.54, 1.807) is 6.08 Å². The van der Waals surface area contributed by atoms with E-state index in [9.17, 15) is 0 Å². The highest BCUT2D eigenvalue weighted by Crippen LogP contribution is 2.04. The first-order chi connectivity index (χ1) is 6.72. The normalized spacial score (nSPS) is 23.9. The van der Waals surface area contributed by atoms with Crippen LogP contribution in [0, 0.1) is 0 Å². The first-order valence-corrected chi connectivity index (χ1v) is 4.93. The molecule has 0 aliphatic carbocycles. The lowest BCUT2D eigenvalue weighted by Crippen LogP contribution is -2.25. The Kier molecular flexibility index (Phi) is 4.32. The van der Waals surface area contributed by atoms with E-state index in [0.29, 0.717) is 12.0 Å². The molecule has 0 amide bonds. The summed E-state index contributed by atoms with van der Waals surface area (Å²) < 4.78 is 0. The maximum atomic E-state index is 5.62. The van der Waals surface area contributed by atoms with Gasteiger partial charge in [0.05, 0.1) is 6.54 Å². The van der Waals surface area contributed by atoms with Gasteiger partial charge in [-0.15, -0.1) is 0 Å². The topological polar surface area (TPSA) is 62.8 Å². The Hall–Kier alpha value is -1.16. The van der Waals surface area contributed by atoms with Crippen LogP contribution in [0.4, 0.5) is 0 Å². The fraction of sp³-hybridized carbons (Fsp3) is 0.600. The van der Waals surface area contributed by atoms with Gasteiger partial charge in [0.15, 0.2) is 0 Å². The van der Waals surface area contributed by atoms with E-state index in [1.165, 1.54) is 12.8 Å². The number of hydrogen-bond acceptors (Lipinski definition) is 2. The third-order valence-electron chi connectivity index (χ3n) is 2.22. The average molecular weight is 194 g/mol. The molecule has 14 heavy (non-hydrogen) atoms. The summed E-state index contributed by atoms with van der Waals surface area (Å²) in [5, 5.41) is 3.35. The molecule has 4 nitrogen and oxygen atoms in total. The van der Waals surface area contributed by atoms with Crippen molar-refractivity contribution in [1.29, 1.82) is 0 Å². The van der Waals surface area contributed by atoms with Gasteiger partial charge in [0.2, 0.25) is 5.96 Å². The highest BCUT2D eigenvalue weighted by molar-refractivity contribution is 6.01. The number of nitrogens with zero attached hydrogens (tertiary/aromatic N) is 2. The summed E-state index contributed by atoms with van der Waals surface area (Å²) in [5.41, 5.74) is 6.41. The molecule has 0 spiro atoms. The Morgan fingerprint density at radius 2 is 2.50 bits per heavy atom. The second kappa shape index (κ2) is 5.54. The summed E-state index contributed by atoms with van der Waals surface area (Å²) in [5.74, 6) is 0.344. The van der Waals surface area contributed by atoms with E-state index in [-0.39, 0.29) is 0 Å². The van der Waals surface area contributed by atoms with Crippen LogP contribution in [0.2, 0.25) is 0 Å². The largest absolute Gasteiger partial charge is 0.368 e. The molecule has 1 unspecified atom stereocenters. The van der Waals surface area contributed by atoms with Gasteiger partial charge < -0.3 is 11.1 Å². The van der Waals surface area contributed by atoms with Gasteiger partial charge in [-0.1, -0.05) is 6.58 Å². The van der Waals surface area contributed by atoms with Gasteiger partial charge in [-0.05, 0) is 32.4 Å². The van der Waals surface area contributed by atoms with Gasteiger partial charge in [0.1, 0.15) is 0 Å². The molecule has 0 bridgehead atoms. The van der Waals surface area contributed by atoms with Crippen molar-refractivity contribution in [3.63, 3.8) is 0 Å². The van der Waals surface area contributed by atoms with E-state index < -0.39 is 0 Å². The number of guanidine groups is 1. The quantitative estimate of drug-likeness (QED) is 0.513. The van der Waals surface area contributed by atoms with Crippen LogP contribution in [0.1, 0.15) is 19.8 Å². The molecule has 0 radical (unpaired) electrons. The standard InChI is InChI=1S/C10H18N4/c1-3-8(2)14-10(11)13-7-9-5-4-6-12-9/h3,9,12H,1,4-7H2,2H3,(H2,11,13)/b14-8-. The minimum Gasteiger partial charge on any atom is -0.368 e. The van der Waals surface area contributed by atoms with Crippen LogP contribution in [0.25, 0.3) is 0 Å². The van der Waals surface area contributed by atoms with Crippen LogP contribution in [-0.2, 0) is 0 Å². The number of nitrogens with two attached hydrogens (primary N) is 1. The molecule has 1 atom stereocenters. The van der Waals surface area contributed by atoms with Crippen molar-refractivity contribution in [1.82, 2.24) is 5.32 Å². The van der Waals surface area contributed by atoms with Crippen LogP contribution >= 0.6 is 0 Å². The molecule has 0 aromatic rings. The third-order valence-corrected chi connectivity index (χ3v) is 2.22. The minimum absolute atomic E-state index is 0.344. The minimum atomic E-state index is 0.344. The molecule has 4 heteroatoms. The Balaban J connectivity index is 2.39. The number of rotatable bonds is 3. The molecule has 1 aliphatic rings. The van der Waals surface area contributed by atoms with Crippen LogP contribution in [0.5, 0.6) is 0 Å². The Morgan fingerprint density at radius 3 is 3.07 bits per heavy atom. The summed E-state index contributed by atoms with van der Waals surface area (Å²) in [6.07, 6.45) is 4.08. The zero-order valence-electron chi connectivity index (χ0n) is 8.66. The summed E-state index contributed by atoms with van der Waals surface area (Å²) in [4.78, 5) is 8.25. The van der Waals surface area contributed by atoms with E-state index in [1.807, 2.05) is 6.92 Å². The second-order valence-electron chi connectivity index (χ2n) is 3.45. The summed E-state index contributed by atoms with van der Waals surface area (Å²) in [6.45, 7) is 7.26. The lowest BCUT2D eigenvalue weighted by atomic mass is 10.2. The summed E-state index contributed by atoms with van der Waals surface area (Å²) in [6, 6.07) is 0.479. The zero-order valence-corrected chi connectivity index (χ0v) is 8.66. The fourth-order valence-corrected chi connectivity index (χ4v) is 1.38. The van der Waals surface area contributed by atoms with Crippen LogP contribution in [-0.4, -0.2) is 30.8 Å². The molecule has 0 aromatic carbocycles. The average Bonchev–Trinajstić information content (AvgIpc) is 2.67. The molecule has 0 saturated carbocycles. The molecular weight excluding hydrogens is 176 g/mol. The van der Waals surface area contributed by atoms with Crippen molar-refractivity contribution in [3.8, 4) is 0 Å². The third kappa shape index (κ3) is 3.70. The molecule has 1 heterocycles. The molecule has 3 N–H and O–H groups in total. The maximum Gasteiger partial charge on any atom is 0.215 e. The van der Waals surface area contributed by atoms with Gasteiger partial charge in [-0.25, -0.2) is 9.98 Å². The number of allylic oxidation sites excluding steroid dienone is 1. The SMILES string of the molecule is C=C/C(C)=N\C(N)=NCC1CCCN1. The van der Waals surface area contributed by atoms with Crippen molar-refractivity contribution in [2.75, 3.05) is 13.1 Å². The molecule has 0 aromatic heterocycles. The molecule has 1 aliphatic heterocycles. The van der Waals surface area contributed by atoms with E-state index >= 15 is 0 Å². The van der Waals surface area contributed by atoms with Crippen LogP contribution in [0.15, 0.2) is 22.6 Å². The molecule has 1 fully saturated rings. The Labute approximate surface area is 85.0 Å². The van der Waals surface area contributed by atoms with E-state index in [4.69, 9.17) is 5.73 Å². The van der Waals surface area contributed by atoms with Crippen molar-refractivity contribution in [2.24, 2.45) is 15.7 Å². The van der Waals surface area contributed by atoms with E-state index in [0.717, 1.165) is 18.8 Å². The van der Waals surface area contributed by atoms with Crippen molar-refractivity contribution < 1.29 is 0 Å². The van der Waals surface area contributed by atoms with Gasteiger partial charge in [0.25, 0.3) is 0 Å². The lowest BCUT2D eigenvalue weighted by molar-refractivity contribution is 0.617. The van der Waals surface area contributed by atoms with Gasteiger partial charge in [0, 0.05) is 11.8 Å². The summed E-state index contributed by atoms with van der Waals surface area (Å²) >= 11 is 0. The Morgan fingerprint density at radius 1 is 1.71 bits per heavy atom. The predicted molar refractivity (Wildman–Crippen MR) is 60.8 cm³/mol. The van der Waals surface area contributed by atoms with Crippen molar-refractivity contribution in [2.45, 2.75) is 25.8 Å².